The smallest absolute Gasteiger partial charge is 0.186 e. The number of methoxy groups -OCH3 is 1. The van der Waals surface area contributed by atoms with E-state index in [1.165, 1.54) is 5.56 Å². The maximum absolute atomic E-state index is 6.37. The second-order valence-corrected chi connectivity index (χ2v) is 8.63. The summed E-state index contributed by atoms with van der Waals surface area (Å²) in [4.78, 5) is 0. The van der Waals surface area contributed by atoms with E-state index in [0.29, 0.717) is 19.7 Å². The summed E-state index contributed by atoms with van der Waals surface area (Å²) in [6.45, 7) is 3.75. The maximum Gasteiger partial charge on any atom is 0.186 e. The molecule has 0 aliphatic heterocycles. The molecular weight excluding hydrogens is 450 g/mol. The van der Waals surface area contributed by atoms with Crippen LogP contribution in [0.2, 0.25) is 0 Å². The standard InChI is InChI=1S/C29H29N5O2/c1-22-28(36-20-25-11-7-4-8-12-25)27(34(32-22)18-17-23-9-5-3-6-10-23)29-31-30-21-33(29)19-24-13-15-26(35-2)16-14-24/h3-16,21H,17-20H2,1-2H3. The van der Waals surface area contributed by atoms with E-state index in [1.54, 1.807) is 13.4 Å². The molecule has 2 heterocycles. The molecule has 2 aromatic heterocycles. The van der Waals surface area contributed by atoms with Crippen LogP contribution in [0.5, 0.6) is 11.5 Å². The lowest BCUT2D eigenvalue weighted by Gasteiger charge is -2.13. The van der Waals surface area contributed by atoms with Gasteiger partial charge >= 0.3 is 0 Å². The first kappa shape index (κ1) is 23.4. The lowest BCUT2D eigenvalue weighted by Crippen LogP contribution is -2.10. The van der Waals surface area contributed by atoms with Gasteiger partial charge in [0.05, 0.1) is 13.7 Å². The summed E-state index contributed by atoms with van der Waals surface area (Å²) in [7, 11) is 1.67. The van der Waals surface area contributed by atoms with Gasteiger partial charge < -0.3 is 14.0 Å². The van der Waals surface area contributed by atoms with Gasteiger partial charge in [0.2, 0.25) is 0 Å². The number of benzene rings is 3. The molecule has 0 amide bonds. The topological polar surface area (TPSA) is 67.0 Å². The van der Waals surface area contributed by atoms with Gasteiger partial charge in [0.15, 0.2) is 11.6 Å². The van der Waals surface area contributed by atoms with Crippen LogP contribution in [0.25, 0.3) is 11.5 Å². The molecule has 3 aromatic carbocycles. The minimum atomic E-state index is 0.450. The van der Waals surface area contributed by atoms with Gasteiger partial charge in [-0.2, -0.15) is 5.10 Å². The average Bonchev–Trinajstić information content (AvgIpc) is 3.50. The van der Waals surface area contributed by atoms with Gasteiger partial charge in [0.1, 0.15) is 30.1 Å². The summed E-state index contributed by atoms with van der Waals surface area (Å²) < 4.78 is 15.7. The van der Waals surface area contributed by atoms with Gasteiger partial charge in [-0.25, -0.2) is 0 Å². The van der Waals surface area contributed by atoms with Crippen molar-refractivity contribution in [1.82, 2.24) is 24.5 Å². The second-order valence-electron chi connectivity index (χ2n) is 8.63. The number of hydrogen-bond donors (Lipinski definition) is 0. The minimum absolute atomic E-state index is 0.450. The Morgan fingerprint density at radius 3 is 2.19 bits per heavy atom. The van der Waals surface area contributed by atoms with Crippen LogP contribution in [-0.4, -0.2) is 31.7 Å². The second kappa shape index (κ2) is 10.9. The zero-order chi connectivity index (χ0) is 24.7. The Morgan fingerprint density at radius 2 is 1.50 bits per heavy atom. The molecular formula is C29H29N5O2. The molecule has 5 aromatic rings. The normalized spacial score (nSPS) is 10.9. The molecule has 7 nitrogen and oxygen atoms in total. The molecule has 5 rings (SSSR count). The van der Waals surface area contributed by atoms with Crippen LogP contribution in [0.1, 0.15) is 22.4 Å². The molecule has 0 unspecified atom stereocenters. The molecule has 0 fully saturated rings. The van der Waals surface area contributed by atoms with Crippen molar-refractivity contribution in [2.24, 2.45) is 0 Å². The Labute approximate surface area is 211 Å². The van der Waals surface area contributed by atoms with Crippen molar-refractivity contribution in [2.45, 2.75) is 33.0 Å². The Balaban J connectivity index is 1.48. The summed E-state index contributed by atoms with van der Waals surface area (Å²) in [5.41, 5.74) is 5.14. The average molecular weight is 480 g/mol. The van der Waals surface area contributed by atoms with Crippen molar-refractivity contribution < 1.29 is 9.47 Å². The van der Waals surface area contributed by atoms with Crippen LogP contribution in [0, 0.1) is 6.92 Å². The van der Waals surface area contributed by atoms with E-state index in [1.807, 2.05) is 64.7 Å². The van der Waals surface area contributed by atoms with Gasteiger partial charge in [-0.15, -0.1) is 10.2 Å². The molecule has 182 valence electrons. The highest BCUT2D eigenvalue weighted by Crippen LogP contribution is 2.33. The molecule has 0 atom stereocenters. The van der Waals surface area contributed by atoms with E-state index in [9.17, 15) is 0 Å². The fourth-order valence-corrected chi connectivity index (χ4v) is 4.21. The van der Waals surface area contributed by atoms with Gasteiger partial charge in [-0.3, -0.25) is 4.68 Å². The van der Waals surface area contributed by atoms with Gasteiger partial charge in [-0.05, 0) is 42.2 Å². The molecule has 0 saturated heterocycles. The fraction of sp³-hybridized carbons (Fsp3) is 0.207. The zero-order valence-electron chi connectivity index (χ0n) is 20.5. The molecule has 0 aliphatic rings. The van der Waals surface area contributed by atoms with Crippen LogP contribution < -0.4 is 9.47 Å². The van der Waals surface area contributed by atoms with Crippen molar-refractivity contribution in [2.75, 3.05) is 7.11 Å². The largest absolute Gasteiger partial charge is 0.497 e. The third-order valence-corrected chi connectivity index (χ3v) is 6.09. The van der Waals surface area contributed by atoms with Gasteiger partial charge in [0.25, 0.3) is 0 Å². The summed E-state index contributed by atoms with van der Waals surface area (Å²) in [5, 5.41) is 13.6. The summed E-state index contributed by atoms with van der Waals surface area (Å²) in [6, 6.07) is 28.6. The monoisotopic (exact) mass is 479 g/mol. The Bertz CT molecular complexity index is 1390. The SMILES string of the molecule is COc1ccc(Cn2cnnc2-c2c(OCc3ccccc3)c(C)nn2CCc2ccccc2)cc1. The molecule has 0 saturated carbocycles. The van der Waals surface area contributed by atoms with E-state index in [0.717, 1.165) is 46.3 Å². The van der Waals surface area contributed by atoms with Crippen molar-refractivity contribution in [3.63, 3.8) is 0 Å². The lowest BCUT2D eigenvalue weighted by atomic mass is 10.1. The Morgan fingerprint density at radius 1 is 0.806 bits per heavy atom. The molecule has 0 aliphatic carbocycles. The summed E-state index contributed by atoms with van der Waals surface area (Å²) >= 11 is 0. The molecule has 0 N–H and O–H groups in total. The van der Waals surface area contributed by atoms with Gasteiger partial charge in [0, 0.05) is 6.54 Å². The van der Waals surface area contributed by atoms with Gasteiger partial charge in [-0.1, -0.05) is 72.8 Å². The number of nitrogens with zero attached hydrogens (tertiary/aromatic N) is 5. The summed E-state index contributed by atoms with van der Waals surface area (Å²) in [5.74, 6) is 2.28. The first-order chi connectivity index (χ1) is 17.7. The van der Waals surface area contributed by atoms with E-state index in [2.05, 4.69) is 46.6 Å². The lowest BCUT2D eigenvalue weighted by molar-refractivity contribution is 0.305. The van der Waals surface area contributed by atoms with E-state index >= 15 is 0 Å². The van der Waals surface area contributed by atoms with Crippen molar-refractivity contribution >= 4 is 0 Å². The number of rotatable bonds is 10. The predicted octanol–water partition coefficient (Wildman–Crippen LogP) is 5.33. The first-order valence-corrected chi connectivity index (χ1v) is 12.0. The van der Waals surface area contributed by atoms with E-state index in [-0.39, 0.29) is 0 Å². The number of aromatic nitrogens is 5. The van der Waals surface area contributed by atoms with Crippen molar-refractivity contribution in [1.29, 1.82) is 0 Å². The van der Waals surface area contributed by atoms with Crippen molar-refractivity contribution in [3.05, 3.63) is 114 Å². The van der Waals surface area contributed by atoms with Crippen LogP contribution in [0.3, 0.4) is 0 Å². The van der Waals surface area contributed by atoms with Crippen LogP contribution >= 0.6 is 0 Å². The van der Waals surface area contributed by atoms with E-state index < -0.39 is 0 Å². The maximum atomic E-state index is 6.37. The minimum Gasteiger partial charge on any atom is -0.497 e. The first-order valence-electron chi connectivity index (χ1n) is 12.0. The number of ether oxygens (including phenoxy) is 2. The zero-order valence-corrected chi connectivity index (χ0v) is 20.5. The third-order valence-electron chi connectivity index (χ3n) is 6.09. The summed E-state index contributed by atoms with van der Waals surface area (Å²) in [6.07, 6.45) is 2.60. The third kappa shape index (κ3) is 5.30. The highest BCUT2D eigenvalue weighted by molar-refractivity contribution is 5.62. The molecule has 0 bridgehead atoms. The van der Waals surface area contributed by atoms with Crippen LogP contribution in [0.4, 0.5) is 0 Å². The Hall–Kier alpha value is -4.39. The molecule has 0 radical (unpaired) electrons. The predicted molar refractivity (Wildman–Crippen MR) is 139 cm³/mol. The van der Waals surface area contributed by atoms with Crippen LogP contribution in [-0.2, 0) is 26.1 Å². The van der Waals surface area contributed by atoms with Crippen LogP contribution in [0.15, 0.2) is 91.3 Å². The fourth-order valence-electron chi connectivity index (χ4n) is 4.21. The van der Waals surface area contributed by atoms with E-state index in [4.69, 9.17) is 14.6 Å². The molecule has 0 spiro atoms. The highest BCUT2D eigenvalue weighted by atomic mass is 16.5. The quantitative estimate of drug-likeness (QED) is 0.271. The van der Waals surface area contributed by atoms with Crippen molar-refractivity contribution in [3.8, 4) is 23.0 Å². The number of aryl methyl sites for hydroxylation is 3. The Kier molecular flexibility index (Phi) is 7.07. The molecule has 36 heavy (non-hydrogen) atoms. The molecule has 7 heteroatoms. The highest BCUT2D eigenvalue weighted by Gasteiger charge is 2.23. The number of hydrogen-bond acceptors (Lipinski definition) is 5.